The molecule has 0 fully saturated rings. The number of hydrogen-bond acceptors (Lipinski definition) is 4. The standard InChI is InChI=1S/C12H8Cl2N4O/c1-7-2-3-8(13)9(4-7)19-11-5-10(14)17-12-15-6-16-18(11)12/h2-6H,1H3. The monoisotopic (exact) mass is 294 g/mol. The normalized spacial score (nSPS) is 10.9. The smallest absolute Gasteiger partial charge is 0.256 e. The van der Waals surface area contributed by atoms with Gasteiger partial charge in [-0.1, -0.05) is 29.3 Å². The van der Waals surface area contributed by atoms with Gasteiger partial charge in [-0.25, -0.2) is 0 Å². The Labute approximate surface area is 118 Å². The Hall–Kier alpha value is -1.85. The summed E-state index contributed by atoms with van der Waals surface area (Å²) < 4.78 is 7.20. The van der Waals surface area contributed by atoms with Crippen LogP contribution in [0, 0.1) is 6.92 Å². The van der Waals surface area contributed by atoms with Gasteiger partial charge in [-0.3, -0.25) is 0 Å². The molecule has 96 valence electrons. The molecule has 0 amide bonds. The minimum absolute atomic E-state index is 0.277. The summed E-state index contributed by atoms with van der Waals surface area (Å²) in [6.07, 6.45) is 1.38. The predicted molar refractivity (Wildman–Crippen MR) is 72.1 cm³/mol. The topological polar surface area (TPSA) is 52.3 Å². The Morgan fingerprint density at radius 3 is 2.89 bits per heavy atom. The van der Waals surface area contributed by atoms with E-state index in [1.807, 2.05) is 19.1 Å². The quantitative estimate of drug-likeness (QED) is 0.679. The molecule has 0 atom stereocenters. The highest BCUT2D eigenvalue weighted by Gasteiger charge is 2.10. The highest BCUT2D eigenvalue weighted by Crippen LogP contribution is 2.30. The molecule has 7 heteroatoms. The molecule has 0 aliphatic rings. The van der Waals surface area contributed by atoms with Crippen molar-refractivity contribution in [3.63, 3.8) is 0 Å². The molecule has 0 aliphatic carbocycles. The molecule has 3 aromatic rings. The van der Waals surface area contributed by atoms with Crippen LogP contribution in [0.4, 0.5) is 0 Å². The molecule has 3 rings (SSSR count). The predicted octanol–water partition coefficient (Wildman–Crippen LogP) is 3.53. The van der Waals surface area contributed by atoms with E-state index in [9.17, 15) is 0 Å². The van der Waals surface area contributed by atoms with Crippen LogP contribution < -0.4 is 4.74 Å². The Morgan fingerprint density at radius 1 is 1.21 bits per heavy atom. The molecule has 19 heavy (non-hydrogen) atoms. The molecule has 0 N–H and O–H groups in total. The van der Waals surface area contributed by atoms with Crippen LogP contribution in [-0.4, -0.2) is 19.6 Å². The molecule has 0 spiro atoms. The minimum atomic E-state index is 0.277. The van der Waals surface area contributed by atoms with E-state index in [2.05, 4.69) is 15.1 Å². The Kier molecular flexibility index (Phi) is 3.00. The van der Waals surface area contributed by atoms with Crippen molar-refractivity contribution >= 4 is 29.0 Å². The maximum Gasteiger partial charge on any atom is 0.256 e. The van der Waals surface area contributed by atoms with Crippen molar-refractivity contribution in [2.75, 3.05) is 0 Å². The van der Waals surface area contributed by atoms with Crippen LogP contribution in [-0.2, 0) is 0 Å². The third-order valence-corrected chi connectivity index (χ3v) is 3.00. The van der Waals surface area contributed by atoms with E-state index >= 15 is 0 Å². The summed E-state index contributed by atoms with van der Waals surface area (Å²) in [7, 11) is 0. The van der Waals surface area contributed by atoms with E-state index in [4.69, 9.17) is 27.9 Å². The molecule has 0 saturated carbocycles. The first-order valence-corrected chi connectivity index (χ1v) is 6.19. The zero-order chi connectivity index (χ0) is 13.4. The first-order valence-electron chi connectivity index (χ1n) is 5.44. The van der Waals surface area contributed by atoms with Crippen molar-refractivity contribution in [2.45, 2.75) is 6.92 Å². The maximum absolute atomic E-state index is 6.09. The molecule has 0 bridgehead atoms. The van der Waals surface area contributed by atoms with Gasteiger partial charge in [-0.15, -0.1) is 0 Å². The largest absolute Gasteiger partial charge is 0.437 e. The summed E-state index contributed by atoms with van der Waals surface area (Å²) in [5, 5.41) is 4.81. The lowest BCUT2D eigenvalue weighted by Gasteiger charge is -2.09. The van der Waals surface area contributed by atoms with Crippen LogP contribution in [0.3, 0.4) is 0 Å². The Morgan fingerprint density at radius 2 is 2.05 bits per heavy atom. The van der Waals surface area contributed by atoms with Crippen LogP contribution in [0.1, 0.15) is 5.56 Å². The molecule has 0 saturated heterocycles. The van der Waals surface area contributed by atoms with Gasteiger partial charge in [0.05, 0.1) is 5.02 Å². The summed E-state index contributed by atoms with van der Waals surface area (Å²) in [6, 6.07) is 7.06. The van der Waals surface area contributed by atoms with E-state index in [-0.39, 0.29) is 5.15 Å². The van der Waals surface area contributed by atoms with Gasteiger partial charge < -0.3 is 4.74 Å². The van der Waals surface area contributed by atoms with Crippen molar-refractivity contribution in [1.29, 1.82) is 0 Å². The fourth-order valence-electron chi connectivity index (χ4n) is 1.63. The average molecular weight is 295 g/mol. The van der Waals surface area contributed by atoms with Gasteiger partial charge in [0.1, 0.15) is 17.2 Å². The van der Waals surface area contributed by atoms with E-state index in [0.717, 1.165) is 5.56 Å². The second kappa shape index (κ2) is 4.68. The van der Waals surface area contributed by atoms with Crippen molar-refractivity contribution < 1.29 is 4.74 Å². The van der Waals surface area contributed by atoms with Gasteiger partial charge in [-0.2, -0.15) is 19.6 Å². The SMILES string of the molecule is Cc1ccc(Cl)c(Oc2cc(Cl)nc3ncnn23)c1. The van der Waals surface area contributed by atoms with E-state index in [1.165, 1.54) is 10.8 Å². The third kappa shape index (κ3) is 2.34. The Bertz CT molecular complexity index is 757. The fourth-order valence-corrected chi connectivity index (χ4v) is 1.96. The van der Waals surface area contributed by atoms with Gasteiger partial charge >= 0.3 is 0 Å². The van der Waals surface area contributed by atoms with E-state index in [0.29, 0.717) is 22.4 Å². The number of rotatable bonds is 2. The lowest BCUT2D eigenvalue weighted by Crippen LogP contribution is -1.98. The summed E-state index contributed by atoms with van der Waals surface area (Å²) in [6.45, 7) is 1.95. The number of halogens is 2. The number of nitrogens with zero attached hydrogens (tertiary/aromatic N) is 4. The van der Waals surface area contributed by atoms with Crippen molar-refractivity contribution in [2.24, 2.45) is 0 Å². The van der Waals surface area contributed by atoms with Crippen molar-refractivity contribution in [3.8, 4) is 11.6 Å². The zero-order valence-corrected chi connectivity index (χ0v) is 11.4. The summed E-state index contributed by atoms with van der Waals surface area (Å²) in [5.41, 5.74) is 1.04. The van der Waals surface area contributed by atoms with Crippen LogP contribution >= 0.6 is 23.2 Å². The van der Waals surface area contributed by atoms with Gasteiger partial charge in [-0.05, 0) is 24.6 Å². The lowest BCUT2D eigenvalue weighted by atomic mass is 10.2. The number of ether oxygens (including phenoxy) is 1. The number of hydrogen-bond donors (Lipinski definition) is 0. The van der Waals surface area contributed by atoms with E-state index < -0.39 is 0 Å². The molecular formula is C12H8Cl2N4O. The number of fused-ring (bicyclic) bond motifs is 1. The summed E-state index contributed by atoms with van der Waals surface area (Å²) in [5.74, 6) is 1.30. The van der Waals surface area contributed by atoms with Crippen LogP contribution in [0.15, 0.2) is 30.6 Å². The highest BCUT2D eigenvalue weighted by molar-refractivity contribution is 6.32. The zero-order valence-electron chi connectivity index (χ0n) is 9.84. The average Bonchev–Trinajstić information content (AvgIpc) is 2.82. The Balaban J connectivity index is 2.10. The number of aryl methyl sites for hydroxylation is 1. The summed E-state index contributed by atoms with van der Waals surface area (Å²) >= 11 is 12.0. The van der Waals surface area contributed by atoms with Gasteiger partial charge in [0.25, 0.3) is 5.78 Å². The van der Waals surface area contributed by atoms with Crippen LogP contribution in [0.25, 0.3) is 5.78 Å². The van der Waals surface area contributed by atoms with Crippen molar-refractivity contribution in [3.05, 3.63) is 46.3 Å². The molecule has 0 unspecified atom stereocenters. The molecular weight excluding hydrogens is 287 g/mol. The molecule has 1 aromatic carbocycles. The highest BCUT2D eigenvalue weighted by atomic mass is 35.5. The van der Waals surface area contributed by atoms with Crippen LogP contribution in [0.5, 0.6) is 11.6 Å². The number of aromatic nitrogens is 4. The van der Waals surface area contributed by atoms with Gasteiger partial charge in [0.2, 0.25) is 5.88 Å². The first-order chi connectivity index (χ1) is 9.13. The first kappa shape index (κ1) is 12.2. The van der Waals surface area contributed by atoms with E-state index in [1.54, 1.807) is 12.1 Å². The molecule has 5 nitrogen and oxygen atoms in total. The minimum Gasteiger partial charge on any atom is -0.437 e. The second-order valence-electron chi connectivity index (χ2n) is 3.92. The maximum atomic E-state index is 6.09. The molecule has 2 aromatic heterocycles. The van der Waals surface area contributed by atoms with Crippen molar-refractivity contribution in [1.82, 2.24) is 19.6 Å². The molecule has 0 aliphatic heterocycles. The summed E-state index contributed by atoms with van der Waals surface area (Å²) in [4.78, 5) is 7.98. The van der Waals surface area contributed by atoms with Gasteiger partial charge in [0, 0.05) is 6.07 Å². The fraction of sp³-hybridized carbons (Fsp3) is 0.0833. The molecule has 0 radical (unpaired) electrons. The third-order valence-electron chi connectivity index (χ3n) is 2.49. The van der Waals surface area contributed by atoms with Gasteiger partial charge in [0.15, 0.2) is 0 Å². The lowest BCUT2D eigenvalue weighted by molar-refractivity contribution is 0.446. The number of benzene rings is 1. The van der Waals surface area contributed by atoms with Crippen LogP contribution in [0.2, 0.25) is 10.2 Å². The molecule has 2 heterocycles. The second-order valence-corrected chi connectivity index (χ2v) is 4.72.